The number of hydrogen-bond donors (Lipinski definition) is 1. The molecule has 0 unspecified atom stereocenters. The molecule has 4 nitrogen and oxygen atoms in total. The van der Waals surface area contributed by atoms with Crippen molar-refractivity contribution in [3.63, 3.8) is 0 Å². The lowest BCUT2D eigenvalue weighted by Crippen LogP contribution is -2.34. The lowest BCUT2D eigenvalue weighted by molar-refractivity contribution is 0.424. The molecule has 0 aromatic carbocycles. The Hall–Kier alpha value is -1.26. The standard InChI is InChI=1S/C16H25ClN4/c1-6-13-15(17)14(20(5)19-13)11-21-8-7-12(10-21)9-18-16(2,3)4/h7-8,10,18H,6,9,11H2,1-5H3. The summed E-state index contributed by atoms with van der Waals surface area (Å²) in [5, 5.41) is 8.75. The summed E-state index contributed by atoms with van der Waals surface area (Å²) in [7, 11) is 1.95. The summed E-state index contributed by atoms with van der Waals surface area (Å²) in [5.41, 5.74) is 3.43. The van der Waals surface area contributed by atoms with E-state index in [2.05, 4.69) is 61.1 Å². The number of rotatable bonds is 5. The average Bonchev–Trinajstić information content (AvgIpc) is 2.95. The van der Waals surface area contributed by atoms with Gasteiger partial charge in [-0.15, -0.1) is 0 Å². The summed E-state index contributed by atoms with van der Waals surface area (Å²) in [6.07, 6.45) is 5.11. The number of nitrogens with one attached hydrogen (secondary N) is 1. The minimum absolute atomic E-state index is 0.128. The SMILES string of the molecule is CCc1nn(C)c(Cn2ccc(CNC(C)(C)C)c2)c1Cl. The Bertz CT molecular complexity index is 604. The van der Waals surface area contributed by atoms with Gasteiger partial charge < -0.3 is 9.88 Å². The van der Waals surface area contributed by atoms with Crippen LogP contribution in [0.1, 0.15) is 44.6 Å². The first-order valence-electron chi connectivity index (χ1n) is 7.40. The van der Waals surface area contributed by atoms with Crippen molar-refractivity contribution >= 4 is 11.6 Å². The van der Waals surface area contributed by atoms with Gasteiger partial charge in [0.25, 0.3) is 0 Å². The topological polar surface area (TPSA) is 34.8 Å². The third-order valence-corrected chi connectivity index (χ3v) is 3.91. The highest BCUT2D eigenvalue weighted by Crippen LogP contribution is 2.22. The van der Waals surface area contributed by atoms with Crippen LogP contribution in [0, 0.1) is 0 Å². The molecule has 0 atom stereocenters. The Kier molecular flexibility index (Phi) is 4.79. The molecule has 0 aliphatic heterocycles. The molecule has 21 heavy (non-hydrogen) atoms. The Morgan fingerprint density at radius 3 is 2.62 bits per heavy atom. The summed E-state index contributed by atoms with van der Waals surface area (Å²) < 4.78 is 4.04. The Morgan fingerprint density at radius 1 is 1.33 bits per heavy atom. The molecule has 2 aromatic rings. The van der Waals surface area contributed by atoms with E-state index in [0.717, 1.165) is 35.9 Å². The molecule has 2 heterocycles. The highest BCUT2D eigenvalue weighted by Gasteiger charge is 2.13. The Morgan fingerprint density at radius 2 is 2.05 bits per heavy atom. The zero-order chi connectivity index (χ0) is 15.6. The molecule has 0 spiro atoms. The van der Waals surface area contributed by atoms with Crippen molar-refractivity contribution in [3.05, 3.63) is 40.4 Å². The van der Waals surface area contributed by atoms with Crippen LogP contribution in [-0.4, -0.2) is 19.9 Å². The van der Waals surface area contributed by atoms with Gasteiger partial charge in [0.05, 0.1) is 23.0 Å². The van der Waals surface area contributed by atoms with Crippen LogP contribution in [0.2, 0.25) is 5.02 Å². The van der Waals surface area contributed by atoms with E-state index in [4.69, 9.17) is 11.6 Å². The number of halogens is 1. The van der Waals surface area contributed by atoms with Crippen molar-refractivity contribution in [1.29, 1.82) is 0 Å². The Labute approximate surface area is 132 Å². The van der Waals surface area contributed by atoms with E-state index in [1.165, 1.54) is 5.56 Å². The summed E-state index contributed by atoms with van der Waals surface area (Å²) in [6, 6.07) is 2.14. The molecule has 0 saturated heterocycles. The molecule has 1 N–H and O–H groups in total. The quantitative estimate of drug-likeness (QED) is 0.919. The fourth-order valence-electron chi connectivity index (χ4n) is 2.23. The van der Waals surface area contributed by atoms with Gasteiger partial charge in [0.1, 0.15) is 0 Å². The molecule has 5 heteroatoms. The van der Waals surface area contributed by atoms with E-state index in [0.29, 0.717) is 0 Å². The normalized spacial score (nSPS) is 12.1. The van der Waals surface area contributed by atoms with Gasteiger partial charge in [-0.3, -0.25) is 4.68 Å². The lowest BCUT2D eigenvalue weighted by atomic mass is 10.1. The molecule has 0 amide bonds. The van der Waals surface area contributed by atoms with Crippen LogP contribution in [0.3, 0.4) is 0 Å². The van der Waals surface area contributed by atoms with Gasteiger partial charge in [0, 0.05) is 31.5 Å². The third-order valence-electron chi connectivity index (χ3n) is 3.47. The first-order valence-corrected chi connectivity index (χ1v) is 7.78. The van der Waals surface area contributed by atoms with E-state index < -0.39 is 0 Å². The minimum atomic E-state index is 0.128. The molecular formula is C16H25ClN4. The van der Waals surface area contributed by atoms with Crippen LogP contribution < -0.4 is 5.32 Å². The van der Waals surface area contributed by atoms with Gasteiger partial charge >= 0.3 is 0 Å². The molecule has 2 aromatic heterocycles. The van der Waals surface area contributed by atoms with E-state index in [1.54, 1.807) is 0 Å². The van der Waals surface area contributed by atoms with Gasteiger partial charge in [0.15, 0.2) is 0 Å². The first-order chi connectivity index (χ1) is 9.80. The van der Waals surface area contributed by atoms with E-state index in [-0.39, 0.29) is 5.54 Å². The van der Waals surface area contributed by atoms with Crippen molar-refractivity contribution in [1.82, 2.24) is 19.7 Å². The minimum Gasteiger partial charge on any atom is -0.348 e. The van der Waals surface area contributed by atoms with E-state index in [9.17, 15) is 0 Å². The second kappa shape index (κ2) is 6.24. The smallest absolute Gasteiger partial charge is 0.0868 e. The van der Waals surface area contributed by atoms with Crippen molar-refractivity contribution < 1.29 is 0 Å². The lowest BCUT2D eigenvalue weighted by Gasteiger charge is -2.19. The monoisotopic (exact) mass is 308 g/mol. The molecule has 2 rings (SSSR count). The van der Waals surface area contributed by atoms with Gasteiger partial charge in [-0.25, -0.2) is 0 Å². The molecular weight excluding hydrogens is 284 g/mol. The number of aromatic nitrogens is 3. The van der Waals surface area contributed by atoms with Crippen LogP contribution in [0.15, 0.2) is 18.5 Å². The van der Waals surface area contributed by atoms with Crippen LogP contribution in [0.4, 0.5) is 0 Å². The maximum absolute atomic E-state index is 6.40. The fourth-order valence-corrected chi connectivity index (χ4v) is 2.58. The summed E-state index contributed by atoms with van der Waals surface area (Å²) >= 11 is 6.40. The maximum atomic E-state index is 6.40. The first kappa shape index (κ1) is 16.1. The average molecular weight is 309 g/mol. The van der Waals surface area contributed by atoms with Crippen molar-refractivity contribution in [2.24, 2.45) is 7.05 Å². The van der Waals surface area contributed by atoms with Crippen LogP contribution in [0.5, 0.6) is 0 Å². The fraction of sp³-hybridized carbons (Fsp3) is 0.562. The van der Waals surface area contributed by atoms with Gasteiger partial charge in [-0.05, 0) is 38.8 Å². The second-order valence-corrected chi connectivity index (χ2v) is 6.86. The molecule has 0 saturated carbocycles. The number of aryl methyl sites for hydroxylation is 2. The summed E-state index contributed by atoms with van der Waals surface area (Å²) in [5.74, 6) is 0. The maximum Gasteiger partial charge on any atom is 0.0868 e. The number of nitrogens with zero attached hydrogens (tertiary/aromatic N) is 3. The largest absolute Gasteiger partial charge is 0.348 e. The highest BCUT2D eigenvalue weighted by atomic mass is 35.5. The number of hydrogen-bond acceptors (Lipinski definition) is 2. The second-order valence-electron chi connectivity index (χ2n) is 6.48. The predicted molar refractivity (Wildman–Crippen MR) is 87.7 cm³/mol. The molecule has 0 fully saturated rings. The predicted octanol–water partition coefficient (Wildman–Crippen LogP) is 3.37. The van der Waals surface area contributed by atoms with Crippen LogP contribution in [0.25, 0.3) is 0 Å². The highest BCUT2D eigenvalue weighted by molar-refractivity contribution is 6.31. The molecule has 0 aliphatic carbocycles. The van der Waals surface area contributed by atoms with Crippen molar-refractivity contribution in [3.8, 4) is 0 Å². The van der Waals surface area contributed by atoms with Crippen LogP contribution >= 0.6 is 11.6 Å². The zero-order valence-electron chi connectivity index (χ0n) is 13.6. The third kappa shape index (κ3) is 4.11. The van der Waals surface area contributed by atoms with Gasteiger partial charge in [-0.1, -0.05) is 18.5 Å². The van der Waals surface area contributed by atoms with Gasteiger partial charge in [-0.2, -0.15) is 5.10 Å². The summed E-state index contributed by atoms with van der Waals surface area (Å²) in [4.78, 5) is 0. The van der Waals surface area contributed by atoms with Crippen molar-refractivity contribution in [2.75, 3.05) is 0 Å². The molecule has 116 valence electrons. The Balaban J connectivity index is 2.08. The molecule has 0 bridgehead atoms. The van der Waals surface area contributed by atoms with Gasteiger partial charge in [0.2, 0.25) is 0 Å². The summed E-state index contributed by atoms with van der Waals surface area (Å²) in [6.45, 7) is 10.2. The zero-order valence-corrected chi connectivity index (χ0v) is 14.3. The van der Waals surface area contributed by atoms with E-state index >= 15 is 0 Å². The van der Waals surface area contributed by atoms with E-state index in [1.807, 2.05) is 11.7 Å². The molecule has 0 radical (unpaired) electrons. The van der Waals surface area contributed by atoms with Crippen molar-refractivity contribution in [2.45, 2.75) is 52.7 Å². The van der Waals surface area contributed by atoms with Crippen LogP contribution in [-0.2, 0) is 26.6 Å². The molecule has 0 aliphatic rings.